The molecule has 3 aliphatic rings. The van der Waals surface area contributed by atoms with Crippen molar-refractivity contribution in [3.8, 4) is 44.8 Å². The molecular formula is C68H50N2. The lowest BCUT2D eigenvalue weighted by molar-refractivity contribution is 0.661. The van der Waals surface area contributed by atoms with E-state index in [2.05, 4.69) is 249 Å². The molecule has 0 aliphatic heterocycles. The van der Waals surface area contributed by atoms with E-state index in [-0.39, 0.29) is 16.7 Å². The van der Waals surface area contributed by atoms with Crippen molar-refractivity contribution >= 4 is 60.3 Å². The van der Waals surface area contributed by atoms with Gasteiger partial charge in [-0.05, 0) is 174 Å². The second-order valence-corrected chi connectivity index (χ2v) is 21.2. The average molecular weight is 895 g/mol. The fraction of sp³-hybridized carbons (Fsp3) is 0.118. The normalized spacial score (nSPS) is 16.0. The molecule has 0 amide bonds. The highest BCUT2D eigenvalue weighted by atomic mass is 15.0. The minimum Gasteiger partial charge on any atom is -0.310 e. The second-order valence-electron chi connectivity index (χ2n) is 21.2. The van der Waals surface area contributed by atoms with Crippen molar-refractivity contribution in [2.45, 2.75) is 50.9 Å². The van der Waals surface area contributed by atoms with Gasteiger partial charge in [0.25, 0.3) is 0 Å². The van der Waals surface area contributed by atoms with E-state index >= 15 is 0 Å². The van der Waals surface area contributed by atoms with Crippen LogP contribution in [0, 0.1) is 0 Å². The molecule has 1 atom stereocenters. The van der Waals surface area contributed by atoms with Gasteiger partial charge in [0.15, 0.2) is 0 Å². The lowest BCUT2D eigenvalue weighted by atomic mass is 9.75. The molecule has 0 N–H and O–H groups in total. The van der Waals surface area contributed by atoms with E-state index < -0.39 is 0 Å². The molecule has 15 rings (SSSR count). The number of hydrogen-bond donors (Lipinski definition) is 0. The third kappa shape index (κ3) is 5.28. The Morgan fingerprint density at radius 2 is 0.886 bits per heavy atom. The molecule has 0 spiro atoms. The molecule has 3 aliphatic carbocycles. The van der Waals surface area contributed by atoms with E-state index in [1.807, 2.05) is 0 Å². The SMILES string of the molecule is CC1(C)c2ccccc2-c2cc3c(-c4ccc5c(c4)c4ccccc4n5-c4ccccc4)c4cc5c(cc4c(C4C=Cc6c(c7ccccc7n6-c6ccccc6)C4)c3cc21)C(C)(C)c1ccccc1-5. The summed E-state index contributed by atoms with van der Waals surface area (Å²) < 4.78 is 4.91. The summed E-state index contributed by atoms with van der Waals surface area (Å²) in [6.45, 7) is 9.72. The fourth-order valence-corrected chi connectivity index (χ4v) is 13.6. The van der Waals surface area contributed by atoms with Crippen molar-refractivity contribution in [1.29, 1.82) is 0 Å². The summed E-state index contributed by atoms with van der Waals surface area (Å²) in [5, 5.41) is 9.20. The number of para-hydroxylation sites is 4. The van der Waals surface area contributed by atoms with Crippen molar-refractivity contribution in [2.24, 2.45) is 0 Å². The highest BCUT2D eigenvalue weighted by Crippen LogP contribution is 2.57. The van der Waals surface area contributed by atoms with E-state index in [0.29, 0.717) is 0 Å². The number of benzene rings is 10. The van der Waals surface area contributed by atoms with Gasteiger partial charge in [0.1, 0.15) is 0 Å². The lowest BCUT2D eigenvalue weighted by Gasteiger charge is -2.28. The van der Waals surface area contributed by atoms with Crippen molar-refractivity contribution < 1.29 is 0 Å². The van der Waals surface area contributed by atoms with E-state index in [1.165, 1.54) is 138 Å². The monoisotopic (exact) mass is 894 g/mol. The van der Waals surface area contributed by atoms with Crippen LogP contribution in [0.3, 0.4) is 0 Å². The van der Waals surface area contributed by atoms with E-state index in [0.717, 1.165) is 6.42 Å². The van der Waals surface area contributed by atoms with Gasteiger partial charge in [0.2, 0.25) is 0 Å². The summed E-state index contributed by atoms with van der Waals surface area (Å²) in [5.74, 6) is 0.128. The Balaban J connectivity index is 1.08. The van der Waals surface area contributed by atoms with Crippen molar-refractivity contribution in [1.82, 2.24) is 9.13 Å². The Labute approximate surface area is 408 Å². The van der Waals surface area contributed by atoms with Crippen LogP contribution in [-0.2, 0) is 17.3 Å². The molecule has 0 fully saturated rings. The lowest BCUT2D eigenvalue weighted by Crippen LogP contribution is -2.16. The minimum atomic E-state index is -0.162. The smallest absolute Gasteiger partial charge is 0.0541 e. The van der Waals surface area contributed by atoms with Crippen LogP contribution in [0.15, 0.2) is 206 Å². The number of fused-ring (bicyclic) bond motifs is 14. The van der Waals surface area contributed by atoms with Gasteiger partial charge >= 0.3 is 0 Å². The molecule has 0 bridgehead atoms. The quantitative estimate of drug-likeness (QED) is 0.156. The third-order valence-corrected chi connectivity index (χ3v) is 16.9. The first kappa shape index (κ1) is 39.8. The molecule has 70 heavy (non-hydrogen) atoms. The first-order chi connectivity index (χ1) is 34.3. The number of rotatable bonds is 4. The largest absolute Gasteiger partial charge is 0.310 e. The molecule has 0 saturated heterocycles. The van der Waals surface area contributed by atoms with Crippen LogP contribution < -0.4 is 0 Å². The number of allylic oxidation sites excluding steroid dienone is 1. The maximum absolute atomic E-state index is 2.63. The van der Waals surface area contributed by atoms with Crippen LogP contribution in [-0.4, -0.2) is 9.13 Å². The summed E-state index contributed by atoms with van der Waals surface area (Å²) >= 11 is 0. The summed E-state index contributed by atoms with van der Waals surface area (Å²) in [5.41, 5.74) is 23.4. The summed E-state index contributed by atoms with van der Waals surface area (Å²) in [6.07, 6.45) is 5.89. The van der Waals surface area contributed by atoms with Gasteiger partial charge < -0.3 is 9.13 Å². The third-order valence-electron chi connectivity index (χ3n) is 16.9. The summed E-state index contributed by atoms with van der Waals surface area (Å²) in [4.78, 5) is 0. The molecule has 0 saturated carbocycles. The van der Waals surface area contributed by atoms with Gasteiger partial charge in [-0.1, -0.05) is 161 Å². The van der Waals surface area contributed by atoms with Crippen molar-refractivity contribution in [3.05, 3.63) is 245 Å². The summed E-state index contributed by atoms with van der Waals surface area (Å²) in [6, 6.07) is 75.7. The zero-order valence-corrected chi connectivity index (χ0v) is 39.9. The molecule has 1 unspecified atom stereocenters. The van der Waals surface area contributed by atoms with Crippen LogP contribution in [0.4, 0.5) is 0 Å². The standard InChI is InChI=1S/C68H50N2/c1-67(2)57-27-15-11-23-45(57)49-37-53-55(39-59(49)67)66(42-32-34-64-52(36-42)48-26-14-18-30-62(48)70(64)44-21-9-6-10-22-44)56-40-60-50(46-24-12-16-28-58(46)68(60,3)4)38-54(56)65(53)41-31-33-63-51(35-41)47-25-13-17-29-61(47)69(63)43-19-7-5-8-20-43/h5-35,37-40,42H,36H2,1-4H3. The predicted molar refractivity (Wildman–Crippen MR) is 295 cm³/mol. The molecule has 332 valence electrons. The molecule has 0 radical (unpaired) electrons. The Morgan fingerprint density at radius 1 is 0.386 bits per heavy atom. The first-order valence-electron chi connectivity index (χ1n) is 25.0. The maximum atomic E-state index is 2.63. The van der Waals surface area contributed by atoms with Crippen molar-refractivity contribution in [2.75, 3.05) is 0 Å². The molecule has 10 aromatic carbocycles. The molecule has 2 aromatic heterocycles. The molecule has 2 nitrogen and oxygen atoms in total. The average Bonchev–Trinajstić information content (AvgIpc) is 4.05. The Kier molecular flexibility index (Phi) is 8.06. The van der Waals surface area contributed by atoms with Crippen LogP contribution in [0.5, 0.6) is 0 Å². The maximum Gasteiger partial charge on any atom is 0.0541 e. The number of hydrogen-bond acceptors (Lipinski definition) is 0. The Morgan fingerprint density at radius 3 is 1.50 bits per heavy atom. The number of aromatic nitrogens is 2. The Hall–Kier alpha value is -8.20. The van der Waals surface area contributed by atoms with Crippen LogP contribution in [0.1, 0.15) is 72.7 Å². The van der Waals surface area contributed by atoms with Gasteiger partial charge in [-0.3, -0.25) is 0 Å². The second kappa shape index (κ2) is 14.2. The van der Waals surface area contributed by atoms with Gasteiger partial charge in [0.05, 0.1) is 16.6 Å². The Bertz CT molecular complexity index is 4130. The first-order valence-corrected chi connectivity index (χ1v) is 25.0. The molecular weight excluding hydrogens is 845 g/mol. The van der Waals surface area contributed by atoms with Crippen molar-refractivity contribution in [3.63, 3.8) is 0 Å². The molecule has 2 heterocycles. The van der Waals surface area contributed by atoms with Crippen LogP contribution in [0.2, 0.25) is 0 Å². The predicted octanol–water partition coefficient (Wildman–Crippen LogP) is 17.7. The zero-order valence-electron chi connectivity index (χ0n) is 39.9. The molecule has 12 aromatic rings. The molecule has 2 heteroatoms. The van der Waals surface area contributed by atoms with Crippen LogP contribution >= 0.6 is 0 Å². The van der Waals surface area contributed by atoms with Gasteiger partial charge in [-0.15, -0.1) is 0 Å². The van der Waals surface area contributed by atoms with Gasteiger partial charge in [0, 0.05) is 50.0 Å². The van der Waals surface area contributed by atoms with E-state index in [1.54, 1.807) is 0 Å². The highest BCUT2D eigenvalue weighted by Gasteiger charge is 2.39. The van der Waals surface area contributed by atoms with E-state index in [4.69, 9.17) is 0 Å². The van der Waals surface area contributed by atoms with E-state index in [9.17, 15) is 0 Å². The van der Waals surface area contributed by atoms with Crippen LogP contribution in [0.25, 0.3) is 105 Å². The summed E-state index contributed by atoms with van der Waals surface area (Å²) in [7, 11) is 0. The van der Waals surface area contributed by atoms with Gasteiger partial charge in [-0.25, -0.2) is 0 Å². The fourth-order valence-electron chi connectivity index (χ4n) is 13.6. The van der Waals surface area contributed by atoms with Gasteiger partial charge in [-0.2, -0.15) is 0 Å². The number of nitrogens with zero attached hydrogens (tertiary/aromatic N) is 2. The topological polar surface area (TPSA) is 9.86 Å². The highest BCUT2D eigenvalue weighted by molar-refractivity contribution is 6.20. The minimum absolute atomic E-state index is 0.128. The zero-order chi connectivity index (χ0) is 46.6.